The Morgan fingerprint density at radius 2 is 1.94 bits per heavy atom. The van der Waals surface area contributed by atoms with Crippen molar-refractivity contribution < 1.29 is 17.9 Å². The lowest BCUT2D eigenvalue weighted by Crippen LogP contribution is -2.50. The summed E-state index contributed by atoms with van der Waals surface area (Å²) >= 11 is 6.57. The lowest BCUT2D eigenvalue weighted by molar-refractivity contribution is 0.0265. The third-order valence-electron chi connectivity index (χ3n) is 8.11. The maximum absolute atomic E-state index is 13.4. The zero-order chi connectivity index (χ0) is 22.6. The molecule has 3 saturated heterocycles. The van der Waals surface area contributed by atoms with Gasteiger partial charge >= 0.3 is 0 Å². The molecule has 6 atom stereocenters. The van der Waals surface area contributed by atoms with Gasteiger partial charge in [0, 0.05) is 44.7 Å². The largest absolute Gasteiger partial charge is 0.381 e. The molecule has 0 spiro atoms. The number of ether oxygens (including phenoxy) is 2. The maximum atomic E-state index is 13.4. The topological polar surface area (TPSA) is 71.1 Å². The van der Waals surface area contributed by atoms with Gasteiger partial charge in [-0.3, -0.25) is 4.90 Å². The number of sulfonamides is 1. The van der Waals surface area contributed by atoms with Crippen molar-refractivity contribution in [1.29, 1.82) is 0 Å². The number of morpholine rings is 1. The molecule has 180 valence electrons. The Balaban J connectivity index is 1.11. The second-order valence-electron chi connectivity index (χ2n) is 10.1. The Bertz CT molecular complexity index is 1030. The Morgan fingerprint density at radius 3 is 2.73 bits per heavy atom. The van der Waals surface area contributed by atoms with Gasteiger partial charge in [-0.05, 0) is 49.3 Å². The van der Waals surface area contributed by atoms with Crippen LogP contribution in [-0.2, 0) is 19.5 Å². The fourth-order valence-corrected chi connectivity index (χ4v) is 8.19. The number of piperidine rings is 1. The van der Waals surface area contributed by atoms with E-state index in [9.17, 15) is 8.42 Å². The number of anilines is 1. The van der Waals surface area contributed by atoms with Crippen LogP contribution in [0.4, 0.5) is 5.69 Å². The molecule has 1 saturated carbocycles. The van der Waals surface area contributed by atoms with E-state index in [1.807, 2.05) is 6.07 Å². The molecule has 33 heavy (non-hydrogen) atoms. The van der Waals surface area contributed by atoms with Gasteiger partial charge in [0.25, 0.3) is 0 Å². The van der Waals surface area contributed by atoms with Crippen LogP contribution >= 0.6 is 11.6 Å². The molecule has 0 amide bonds. The highest BCUT2D eigenvalue weighted by Gasteiger charge is 2.56. The zero-order valence-corrected chi connectivity index (χ0v) is 20.3. The van der Waals surface area contributed by atoms with Crippen molar-refractivity contribution in [3.8, 4) is 0 Å². The van der Waals surface area contributed by atoms with Crippen LogP contribution in [0.3, 0.4) is 0 Å². The summed E-state index contributed by atoms with van der Waals surface area (Å²) in [6.45, 7) is 5.46. The van der Waals surface area contributed by atoms with Gasteiger partial charge in [-0.15, -0.1) is 0 Å². The summed E-state index contributed by atoms with van der Waals surface area (Å²) in [7, 11) is -3.57. The second kappa shape index (κ2) is 8.81. The first-order valence-electron chi connectivity index (χ1n) is 12.2. The summed E-state index contributed by atoms with van der Waals surface area (Å²) in [5, 5.41) is 4.00. The van der Waals surface area contributed by atoms with E-state index < -0.39 is 10.0 Å². The third-order valence-corrected chi connectivity index (χ3v) is 10.3. The third kappa shape index (κ3) is 4.13. The molecule has 1 aliphatic carbocycles. The van der Waals surface area contributed by atoms with Crippen molar-refractivity contribution in [2.45, 2.75) is 42.4 Å². The van der Waals surface area contributed by atoms with Crippen LogP contribution < -0.4 is 5.32 Å². The van der Waals surface area contributed by atoms with Crippen molar-refractivity contribution in [3.63, 3.8) is 0 Å². The van der Waals surface area contributed by atoms with E-state index in [0.717, 1.165) is 57.8 Å². The maximum Gasteiger partial charge on any atom is 0.243 e. The van der Waals surface area contributed by atoms with Gasteiger partial charge < -0.3 is 14.8 Å². The summed E-state index contributed by atoms with van der Waals surface area (Å²) in [5.74, 6) is 1.43. The minimum atomic E-state index is -3.57. The number of rotatable bonds is 6. The molecule has 2 bridgehead atoms. The molecule has 5 aliphatic rings. The highest BCUT2D eigenvalue weighted by molar-refractivity contribution is 7.89. The van der Waals surface area contributed by atoms with Gasteiger partial charge in [-0.2, -0.15) is 4.31 Å². The minimum absolute atomic E-state index is 0.203. The normalized spacial score (nSPS) is 36.5. The Hall–Kier alpha value is -1.16. The SMILES string of the molecule is O=S(=O)(c1ccc(N[C@@H]2C[C@@H]3[C@H]2[C@H]2C=C[C@@H]3O2)c(Cl)c1)N1CCCC(CN2CCOCC2)C1. The molecule has 7 nitrogen and oxygen atoms in total. The number of fused-ring (bicyclic) bond motifs is 5. The van der Waals surface area contributed by atoms with Gasteiger partial charge in [0.05, 0.1) is 41.0 Å². The van der Waals surface area contributed by atoms with E-state index in [2.05, 4.69) is 22.4 Å². The summed E-state index contributed by atoms with van der Waals surface area (Å²) in [4.78, 5) is 2.67. The number of benzene rings is 1. The Labute approximate surface area is 201 Å². The first kappa shape index (κ1) is 22.3. The molecule has 6 rings (SSSR count). The van der Waals surface area contributed by atoms with Crippen molar-refractivity contribution in [2.75, 3.05) is 51.3 Å². The highest BCUT2D eigenvalue weighted by atomic mass is 35.5. The molecule has 4 aliphatic heterocycles. The second-order valence-corrected chi connectivity index (χ2v) is 12.4. The summed E-state index contributed by atoms with van der Waals surface area (Å²) in [6, 6.07) is 5.44. The van der Waals surface area contributed by atoms with Crippen LogP contribution in [0, 0.1) is 17.8 Å². The molecule has 0 radical (unpaired) electrons. The molecule has 4 heterocycles. The van der Waals surface area contributed by atoms with Crippen LogP contribution in [0.5, 0.6) is 0 Å². The van der Waals surface area contributed by atoms with E-state index in [0.29, 0.717) is 41.9 Å². The quantitative estimate of drug-likeness (QED) is 0.614. The van der Waals surface area contributed by atoms with Crippen molar-refractivity contribution in [1.82, 2.24) is 9.21 Å². The lowest BCUT2D eigenvalue weighted by atomic mass is 9.64. The van der Waals surface area contributed by atoms with E-state index in [-0.39, 0.29) is 17.1 Å². The molecule has 1 aromatic carbocycles. The van der Waals surface area contributed by atoms with Crippen LogP contribution in [-0.4, -0.2) is 81.8 Å². The average molecular weight is 494 g/mol. The van der Waals surface area contributed by atoms with Gasteiger partial charge in [0.15, 0.2) is 0 Å². The van der Waals surface area contributed by atoms with Crippen molar-refractivity contribution in [2.24, 2.45) is 17.8 Å². The molecular weight excluding hydrogens is 462 g/mol. The molecule has 9 heteroatoms. The highest BCUT2D eigenvalue weighted by Crippen LogP contribution is 2.52. The number of hydrogen-bond donors (Lipinski definition) is 1. The van der Waals surface area contributed by atoms with Gasteiger partial charge in [-0.1, -0.05) is 23.8 Å². The van der Waals surface area contributed by atoms with Crippen molar-refractivity contribution >= 4 is 27.3 Å². The zero-order valence-electron chi connectivity index (χ0n) is 18.7. The predicted molar refractivity (Wildman–Crippen MR) is 127 cm³/mol. The Morgan fingerprint density at radius 1 is 1.12 bits per heavy atom. The Kier molecular flexibility index (Phi) is 5.95. The van der Waals surface area contributed by atoms with Crippen LogP contribution in [0.2, 0.25) is 5.02 Å². The van der Waals surface area contributed by atoms with Crippen LogP contribution in [0.1, 0.15) is 19.3 Å². The number of nitrogens with zero attached hydrogens (tertiary/aromatic N) is 2. The van der Waals surface area contributed by atoms with Gasteiger partial charge in [-0.25, -0.2) is 8.42 Å². The summed E-state index contributed by atoms with van der Waals surface area (Å²) in [5.41, 5.74) is 0.801. The number of nitrogens with one attached hydrogen (secondary N) is 1. The first-order chi connectivity index (χ1) is 16.0. The smallest absolute Gasteiger partial charge is 0.243 e. The van der Waals surface area contributed by atoms with Crippen molar-refractivity contribution in [3.05, 3.63) is 35.4 Å². The number of halogens is 1. The first-order valence-corrected chi connectivity index (χ1v) is 14.0. The van der Waals surface area contributed by atoms with Gasteiger partial charge in [0.2, 0.25) is 10.0 Å². The van der Waals surface area contributed by atoms with E-state index in [4.69, 9.17) is 21.1 Å². The fraction of sp³-hybridized carbons (Fsp3) is 0.667. The van der Waals surface area contributed by atoms with Crippen LogP contribution in [0.15, 0.2) is 35.2 Å². The average Bonchev–Trinajstić information content (AvgIpc) is 3.36. The van der Waals surface area contributed by atoms with Crippen LogP contribution in [0.25, 0.3) is 0 Å². The van der Waals surface area contributed by atoms with Gasteiger partial charge in [0.1, 0.15) is 0 Å². The fourth-order valence-electron chi connectivity index (χ4n) is 6.31. The molecule has 1 N–H and O–H groups in total. The van der Waals surface area contributed by atoms with E-state index >= 15 is 0 Å². The monoisotopic (exact) mass is 493 g/mol. The summed E-state index contributed by atoms with van der Waals surface area (Å²) in [6.07, 6.45) is 7.85. The lowest BCUT2D eigenvalue weighted by Gasteiger charge is -2.44. The molecule has 1 aromatic rings. The van der Waals surface area contributed by atoms with E-state index in [1.54, 1.807) is 16.4 Å². The summed E-state index contributed by atoms with van der Waals surface area (Å²) < 4.78 is 39.9. The predicted octanol–water partition coefficient (Wildman–Crippen LogP) is 2.83. The minimum Gasteiger partial charge on any atom is -0.381 e. The van der Waals surface area contributed by atoms with E-state index in [1.165, 1.54) is 0 Å². The number of hydrogen-bond acceptors (Lipinski definition) is 6. The molecule has 4 fully saturated rings. The standard InChI is InChI=1S/C24H32ClN3O4S/c25-19-12-17(3-4-20(19)26-21-13-18-22-5-6-23(32-22)24(18)21)33(29,30)28-7-1-2-16(15-28)14-27-8-10-31-11-9-27/h3-6,12,16,18,21-24,26H,1-2,7-11,13-15H2/t16?,18-,21+,22-,23+,24+/m0/s1. The molecule has 1 unspecified atom stereocenters. The molecular formula is C24H32ClN3O4S. The molecule has 0 aromatic heterocycles.